The first-order chi connectivity index (χ1) is 12.0. The number of benzene rings is 2. The highest BCUT2D eigenvalue weighted by molar-refractivity contribution is 9.10. The van der Waals surface area contributed by atoms with E-state index >= 15 is 0 Å². The summed E-state index contributed by atoms with van der Waals surface area (Å²) in [5, 5.41) is 2.71. The van der Waals surface area contributed by atoms with Gasteiger partial charge in [-0.15, -0.1) is 0 Å². The van der Waals surface area contributed by atoms with Gasteiger partial charge >= 0.3 is 5.97 Å². The summed E-state index contributed by atoms with van der Waals surface area (Å²) in [7, 11) is 0. The van der Waals surface area contributed by atoms with Crippen LogP contribution in [0.4, 0.5) is 5.69 Å². The van der Waals surface area contributed by atoms with E-state index in [1.54, 1.807) is 30.3 Å². The van der Waals surface area contributed by atoms with Gasteiger partial charge in [-0.1, -0.05) is 28.9 Å². The lowest BCUT2D eigenvalue weighted by molar-refractivity contribution is -0.118. The SMILES string of the molecule is CCCOC(=O)c1cccc(NC(=O)COc2ccc(Br)c(C)c2)c1. The highest BCUT2D eigenvalue weighted by atomic mass is 79.9. The molecule has 0 atom stereocenters. The molecule has 2 aromatic carbocycles. The second-order valence-corrected chi connectivity index (χ2v) is 6.32. The van der Waals surface area contributed by atoms with Crippen LogP contribution in [0.15, 0.2) is 46.9 Å². The second-order valence-electron chi connectivity index (χ2n) is 5.46. The Morgan fingerprint density at radius 3 is 2.68 bits per heavy atom. The molecule has 0 saturated carbocycles. The minimum Gasteiger partial charge on any atom is -0.484 e. The van der Waals surface area contributed by atoms with E-state index in [-0.39, 0.29) is 12.5 Å². The standard InChI is InChI=1S/C19H20BrNO4/c1-3-9-24-19(23)14-5-4-6-15(11-14)21-18(22)12-25-16-7-8-17(20)13(2)10-16/h4-8,10-11H,3,9,12H2,1-2H3,(H,21,22). The number of ether oxygens (including phenoxy) is 2. The number of hydrogen-bond donors (Lipinski definition) is 1. The molecule has 0 fully saturated rings. The van der Waals surface area contributed by atoms with Crippen molar-refractivity contribution >= 4 is 33.5 Å². The Morgan fingerprint density at radius 2 is 1.96 bits per heavy atom. The first-order valence-corrected chi connectivity index (χ1v) is 8.75. The van der Waals surface area contributed by atoms with Crippen molar-refractivity contribution in [1.29, 1.82) is 0 Å². The Kier molecular flexibility index (Phi) is 7.01. The van der Waals surface area contributed by atoms with E-state index in [0.717, 1.165) is 16.5 Å². The molecule has 5 nitrogen and oxygen atoms in total. The topological polar surface area (TPSA) is 64.6 Å². The van der Waals surface area contributed by atoms with Gasteiger partial charge in [-0.3, -0.25) is 4.79 Å². The van der Waals surface area contributed by atoms with E-state index in [1.165, 1.54) is 0 Å². The normalized spacial score (nSPS) is 10.2. The van der Waals surface area contributed by atoms with Crippen molar-refractivity contribution in [3.8, 4) is 5.75 Å². The molecule has 0 unspecified atom stereocenters. The molecular formula is C19H20BrNO4. The van der Waals surface area contributed by atoms with Gasteiger partial charge < -0.3 is 14.8 Å². The molecule has 1 amide bonds. The number of rotatable bonds is 7. The number of hydrogen-bond acceptors (Lipinski definition) is 4. The number of nitrogens with one attached hydrogen (secondary N) is 1. The first kappa shape index (κ1) is 19.0. The third-order valence-corrected chi connectivity index (χ3v) is 4.21. The maximum Gasteiger partial charge on any atom is 0.338 e. The number of aryl methyl sites for hydroxylation is 1. The second kappa shape index (κ2) is 9.22. The van der Waals surface area contributed by atoms with Crippen molar-refractivity contribution in [2.75, 3.05) is 18.5 Å². The quantitative estimate of drug-likeness (QED) is 0.695. The Hall–Kier alpha value is -2.34. The molecular weight excluding hydrogens is 386 g/mol. The number of anilines is 1. The molecule has 0 spiro atoms. The van der Waals surface area contributed by atoms with Crippen molar-refractivity contribution in [2.45, 2.75) is 20.3 Å². The summed E-state index contributed by atoms with van der Waals surface area (Å²) in [6, 6.07) is 12.1. The smallest absolute Gasteiger partial charge is 0.338 e. The third-order valence-electron chi connectivity index (χ3n) is 3.32. The Morgan fingerprint density at radius 1 is 1.16 bits per heavy atom. The Bertz CT molecular complexity index is 761. The van der Waals surface area contributed by atoms with Crippen molar-refractivity contribution in [2.24, 2.45) is 0 Å². The van der Waals surface area contributed by atoms with Crippen LogP contribution in [0.25, 0.3) is 0 Å². The molecule has 0 bridgehead atoms. The van der Waals surface area contributed by atoms with E-state index in [2.05, 4.69) is 21.2 Å². The summed E-state index contributed by atoms with van der Waals surface area (Å²) in [6.07, 6.45) is 0.759. The highest BCUT2D eigenvalue weighted by Gasteiger charge is 2.09. The molecule has 25 heavy (non-hydrogen) atoms. The van der Waals surface area contributed by atoms with Crippen molar-refractivity contribution in [3.63, 3.8) is 0 Å². The molecule has 0 aromatic heterocycles. The van der Waals surface area contributed by atoms with Crippen LogP contribution in [-0.4, -0.2) is 25.1 Å². The fourth-order valence-corrected chi connectivity index (χ4v) is 2.30. The van der Waals surface area contributed by atoms with Gasteiger partial charge in [-0.25, -0.2) is 4.79 Å². The predicted molar refractivity (Wildman–Crippen MR) is 100 cm³/mol. The molecule has 6 heteroatoms. The molecule has 2 rings (SSSR count). The molecule has 0 radical (unpaired) electrons. The molecule has 0 heterocycles. The molecule has 0 saturated heterocycles. The lowest BCUT2D eigenvalue weighted by Gasteiger charge is -2.10. The van der Waals surface area contributed by atoms with Crippen molar-refractivity contribution in [1.82, 2.24) is 0 Å². The fourth-order valence-electron chi connectivity index (χ4n) is 2.05. The first-order valence-electron chi connectivity index (χ1n) is 7.95. The van der Waals surface area contributed by atoms with Gasteiger partial charge in [0.15, 0.2) is 6.61 Å². The number of halogens is 1. The average molecular weight is 406 g/mol. The van der Waals surface area contributed by atoms with Crippen LogP contribution in [0.3, 0.4) is 0 Å². The van der Waals surface area contributed by atoms with Gasteiger partial charge in [-0.2, -0.15) is 0 Å². The van der Waals surface area contributed by atoms with Crippen LogP contribution in [0.1, 0.15) is 29.3 Å². The maximum absolute atomic E-state index is 12.0. The zero-order chi connectivity index (χ0) is 18.2. The number of amides is 1. The predicted octanol–water partition coefficient (Wildman–Crippen LogP) is 4.34. The summed E-state index contributed by atoms with van der Waals surface area (Å²) < 4.78 is 11.5. The largest absolute Gasteiger partial charge is 0.484 e. The molecule has 1 N–H and O–H groups in total. The molecule has 0 aliphatic carbocycles. The fraction of sp³-hybridized carbons (Fsp3) is 0.263. The Labute approximate surface area is 155 Å². The van der Waals surface area contributed by atoms with E-state index in [0.29, 0.717) is 23.6 Å². The van der Waals surface area contributed by atoms with Crippen LogP contribution in [0.5, 0.6) is 5.75 Å². The molecule has 2 aromatic rings. The zero-order valence-electron chi connectivity index (χ0n) is 14.2. The van der Waals surface area contributed by atoms with Crippen LogP contribution in [0.2, 0.25) is 0 Å². The van der Waals surface area contributed by atoms with Gasteiger partial charge in [0.2, 0.25) is 0 Å². The van der Waals surface area contributed by atoms with Crippen molar-refractivity contribution < 1.29 is 19.1 Å². The summed E-state index contributed by atoms with van der Waals surface area (Å²) >= 11 is 3.42. The zero-order valence-corrected chi connectivity index (χ0v) is 15.8. The number of esters is 1. The minimum absolute atomic E-state index is 0.119. The summed E-state index contributed by atoms with van der Waals surface area (Å²) in [5.41, 5.74) is 1.94. The summed E-state index contributed by atoms with van der Waals surface area (Å²) in [5.74, 6) is -0.0908. The van der Waals surface area contributed by atoms with Crippen LogP contribution < -0.4 is 10.1 Å². The molecule has 132 valence electrons. The van der Waals surface area contributed by atoms with E-state index in [9.17, 15) is 9.59 Å². The van der Waals surface area contributed by atoms with E-state index in [4.69, 9.17) is 9.47 Å². The van der Waals surface area contributed by atoms with Gasteiger partial charge in [0.1, 0.15) is 5.75 Å². The maximum atomic E-state index is 12.0. The van der Waals surface area contributed by atoms with Gasteiger partial charge in [0, 0.05) is 10.2 Å². The van der Waals surface area contributed by atoms with Gasteiger partial charge in [-0.05, 0) is 55.3 Å². The summed E-state index contributed by atoms with van der Waals surface area (Å²) in [6.45, 7) is 4.12. The third kappa shape index (κ3) is 5.90. The monoisotopic (exact) mass is 405 g/mol. The van der Waals surface area contributed by atoms with E-state index in [1.807, 2.05) is 26.0 Å². The van der Waals surface area contributed by atoms with Crippen molar-refractivity contribution in [3.05, 3.63) is 58.1 Å². The lowest BCUT2D eigenvalue weighted by atomic mass is 10.2. The Balaban J connectivity index is 1.91. The summed E-state index contributed by atoms with van der Waals surface area (Å²) in [4.78, 5) is 23.9. The molecule has 0 aliphatic heterocycles. The lowest BCUT2D eigenvalue weighted by Crippen LogP contribution is -2.20. The van der Waals surface area contributed by atoms with Gasteiger partial charge in [0.25, 0.3) is 5.91 Å². The van der Waals surface area contributed by atoms with Crippen LogP contribution in [0, 0.1) is 6.92 Å². The van der Waals surface area contributed by atoms with Gasteiger partial charge in [0.05, 0.1) is 12.2 Å². The van der Waals surface area contributed by atoms with Crippen LogP contribution in [-0.2, 0) is 9.53 Å². The average Bonchev–Trinajstić information content (AvgIpc) is 2.61. The van der Waals surface area contributed by atoms with E-state index < -0.39 is 5.97 Å². The highest BCUT2D eigenvalue weighted by Crippen LogP contribution is 2.21. The number of carbonyl (C=O) groups excluding carboxylic acids is 2. The molecule has 0 aliphatic rings. The number of carbonyl (C=O) groups is 2. The van der Waals surface area contributed by atoms with Crippen LogP contribution >= 0.6 is 15.9 Å². The minimum atomic E-state index is -0.403.